The van der Waals surface area contributed by atoms with E-state index in [0.29, 0.717) is 18.7 Å². The zero-order valence-corrected chi connectivity index (χ0v) is 10.6. The number of rotatable bonds is 1. The Bertz CT molecular complexity index is 700. The van der Waals surface area contributed by atoms with E-state index < -0.39 is 17.5 Å². The molecule has 2 aromatic carbocycles. The summed E-state index contributed by atoms with van der Waals surface area (Å²) >= 11 is 0. The number of benzene rings is 2. The number of carbonyl (C=O) groups excluding carboxylic acids is 1. The van der Waals surface area contributed by atoms with Gasteiger partial charge >= 0.3 is 0 Å². The van der Waals surface area contributed by atoms with Gasteiger partial charge in [0.15, 0.2) is 0 Å². The van der Waals surface area contributed by atoms with Gasteiger partial charge < -0.3 is 10.6 Å². The minimum Gasteiger partial charge on any atom is -0.396 e. The number of carbonyl (C=O) groups is 1. The summed E-state index contributed by atoms with van der Waals surface area (Å²) in [5.74, 6) is -1.45. The van der Waals surface area contributed by atoms with Crippen molar-refractivity contribution >= 4 is 17.3 Å². The standard InChI is InChI=1S/C15H12F2N2O/c16-10-5-4-9-6-7-19(13(9)8-10)15(20)11-2-1-3-12(17)14(11)18/h1-5,8H,6-7,18H2. The SMILES string of the molecule is Nc1c(F)cccc1C(=O)N1CCc2ccc(F)cc21. The van der Waals surface area contributed by atoms with E-state index in [9.17, 15) is 13.6 Å². The summed E-state index contributed by atoms with van der Waals surface area (Å²) in [6.45, 7) is 0.438. The molecular weight excluding hydrogens is 262 g/mol. The molecule has 3 nitrogen and oxygen atoms in total. The Hall–Kier alpha value is -2.43. The van der Waals surface area contributed by atoms with Gasteiger partial charge in [-0.25, -0.2) is 8.78 Å². The molecule has 0 saturated heterocycles. The second kappa shape index (κ2) is 4.59. The highest BCUT2D eigenvalue weighted by molar-refractivity contribution is 6.10. The maximum Gasteiger partial charge on any atom is 0.260 e. The summed E-state index contributed by atoms with van der Waals surface area (Å²) in [7, 11) is 0. The smallest absolute Gasteiger partial charge is 0.260 e. The molecule has 0 unspecified atom stereocenters. The Morgan fingerprint density at radius 3 is 2.80 bits per heavy atom. The predicted molar refractivity (Wildman–Crippen MR) is 72.6 cm³/mol. The minimum absolute atomic E-state index is 0.0992. The third-order valence-corrected chi connectivity index (χ3v) is 3.47. The number of anilines is 2. The molecule has 0 bridgehead atoms. The number of para-hydroxylation sites is 1. The topological polar surface area (TPSA) is 46.3 Å². The second-order valence-corrected chi connectivity index (χ2v) is 4.68. The van der Waals surface area contributed by atoms with E-state index in [0.717, 1.165) is 5.56 Å². The van der Waals surface area contributed by atoms with E-state index in [4.69, 9.17) is 5.73 Å². The van der Waals surface area contributed by atoms with Gasteiger partial charge in [0.25, 0.3) is 5.91 Å². The lowest BCUT2D eigenvalue weighted by molar-refractivity contribution is 0.0990. The molecule has 0 fully saturated rings. The molecule has 0 aliphatic carbocycles. The van der Waals surface area contributed by atoms with Crippen molar-refractivity contribution in [3.63, 3.8) is 0 Å². The lowest BCUT2D eigenvalue weighted by atomic mass is 10.1. The van der Waals surface area contributed by atoms with Gasteiger partial charge in [-0.1, -0.05) is 12.1 Å². The van der Waals surface area contributed by atoms with Gasteiger partial charge in [0.2, 0.25) is 0 Å². The fourth-order valence-electron chi connectivity index (χ4n) is 2.43. The summed E-state index contributed by atoms with van der Waals surface area (Å²) in [4.78, 5) is 13.9. The first-order chi connectivity index (χ1) is 9.58. The molecule has 0 radical (unpaired) electrons. The van der Waals surface area contributed by atoms with Crippen LogP contribution in [0.15, 0.2) is 36.4 Å². The van der Waals surface area contributed by atoms with Crippen LogP contribution in [0.3, 0.4) is 0 Å². The van der Waals surface area contributed by atoms with Crippen molar-refractivity contribution in [3.8, 4) is 0 Å². The normalized spacial score (nSPS) is 13.4. The highest BCUT2D eigenvalue weighted by atomic mass is 19.1. The monoisotopic (exact) mass is 274 g/mol. The van der Waals surface area contributed by atoms with Gasteiger partial charge in [-0.2, -0.15) is 0 Å². The van der Waals surface area contributed by atoms with Crippen LogP contribution in [0.4, 0.5) is 20.2 Å². The van der Waals surface area contributed by atoms with Crippen LogP contribution in [0.25, 0.3) is 0 Å². The van der Waals surface area contributed by atoms with Crippen molar-refractivity contribution < 1.29 is 13.6 Å². The number of nitrogens with two attached hydrogens (primary N) is 1. The van der Waals surface area contributed by atoms with Crippen LogP contribution < -0.4 is 10.6 Å². The van der Waals surface area contributed by atoms with E-state index in [1.54, 1.807) is 6.07 Å². The van der Waals surface area contributed by atoms with Crippen LogP contribution >= 0.6 is 0 Å². The highest BCUT2D eigenvalue weighted by Gasteiger charge is 2.27. The lowest BCUT2D eigenvalue weighted by Crippen LogP contribution is -2.29. The Balaban J connectivity index is 2.02. The van der Waals surface area contributed by atoms with Crippen LogP contribution in [-0.4, -0.2) is 12.5 Å². The van der Waals surface area contributed by atoms with E-state index in [-0.39, 0.29) is 11.3 Å². The molecule has 0 aromatic heterocycles. The number of hydrogen-bond donors (Lipinski definition) is 1. The molecule has 1 aliphatic rings. The largest absolute Gasteiger partial charge is 0.396 e. The van der Waals surface area contributed by atoms with Crippen LogP contribution in [0.1, 0.15) is 15.9 Å². The molecular formula is C15H12F2N2O. The molecule has 0 atom stereocenters. The van der Waals surface area contributed by atoms with Crippen molar-refractivity contribution in [2.75, 3.05) is 17.2 Å². The number of halogens is 2. The summed E-state index contributed by atoms with van der Waals surface area (Å²) in [5, 5.41) is 0. The van der Waals surface area contributed by atoms with Crippen LogP contribution in [0, 0.1) is 11.6 Å². The average Bonchev–Trinajstić information content (AvgIpc) is 2.84. The Kier molecular flexibility index (Phi) is 2.89. The molecule has 1 aliphatic heterocycles. The van der Waals surface area contributed by atoms with Gasteiger partial charge in [-0.15, -0.1) is 0 Å². The Labute approximate surface area is 114 Å². The Morgan fingerprint density at radius 1 is 1.20 bits per heavy atom. The number of fused-ring (bicyclic) bond motifs is 1. The van der Waals surface area contributed by atoms with E-state index in [1.165, 1.54) is 35.2 Å². The predicted octanol–water partition coefficient (Wildman–Crippen LogP) is 2.75. The average molecular weight is 274 g/mol. The van der Waals surface area contributed by atoms with E-state index in [1.807, 2.05) is 0 Å². The molecule has 0 saturated carbocycles. The molecule has 0 spiro atoms. The number of nitrogens with zero attached hydrogens (tertiary/aromatic N) is 1. The first kappa shape index (κ1) is 12.6. The third kappa shape index (κ3) is 1.91. The maximum atomic E-state index is 13.4. The second-order valence-electron chi connectivity index (χ2n) is 4.68. The Morgan fingerprint density at radius 2 is 2.00 bits per heavy atom. The van der Waals surface area contributed by atoms with Crippen LogP contribution in [0.2, 0.25) is 0 Å². The highest BCUT2D eigenvalue weighted by Crippen LogP contribution is 2.31. The van der Waals surface area contributed by atoms with Gasteiger partial charge in [0, 0.05) is 6.54 Å². The van der Waals surface area contributed by atoms with E-state index in [2.05, 4.69) is 0 Å². The summed E-state index contributed by atoms with van der Waals surface area (Å²) in [5.41, 5.74) is 6.95. The third-order valence-electron chi connectivity index (χ3n) is 3.47. The molecule has 102 valence electrons. The lowest BCUT2D eigenvalue weighted by Gasteiger charge is -2.18. The quantitative estimate of drug-likeness (QED) is 0.813. The molecule has 20 heavy (non-hydrogen) atoms. The van der Waals surface area contributed by atoms with Gasteiger partial charge in [0.05, 0.1) is 16.9 Å². The fraction of sp³-hybridized carbons (Fsp3) is 0.133. The van der Waals surface area contributed by atoms with Crippen molar-refractivity contribution in [3.05, 3.63) is 59.2 Å². The molecule has 1 heterocycles. The summed E-state index contributed by atoms with van der Waals surface area (Å²) in [6.07, 6.45) is 0.649. The molecule has 3 rings (SSSR count). The number of nitrogen functional groups attached to an aromatic ring is 1. The summed E-state index contributed by atoms with van der Waals surface area (Å²) in [6, 6.07) is 8.44. The fourth-order valence-corrected chi connectivity index (χ4v) is 2.43. The molecule has 2 aromatic rings. The summed E-state index contributed by atoms with van der Waals surface area (Å²) < 4.78 is 26.8. The van der Waals surface area contributed by atoms with Crippen LogP contribution in [0.5, 0.6) is 0 Å². The molecule has 1 amide bonds. The van der Waals surface area contributed by atoms with E-state index >= 15 is 0 Å². The first-order valence-corrected chi connectivity index (χ1v) is 6.22. The molecule has 5 heteroatoms. The number of hydrogen-bond acceptors (Lipinski definition) is 2. The van der Waals surface area contributed by atoms with Gasteiger partial charge in [-0.3, -0.25) is 4.79 Å². The minimum atomic E-state index is -0.630. The first-order valence-electron chi connectivity index (χ1n) is 6.22. The molecule has 2 N–H and O–H groups in total. The van der Waals surface area contributed by atoms with Crippen LogP contribution in [-0.2, 0) is 6.42 Å². The van der Waals surface area contributed by atoms with Crippen molar-refractivity contribution in [1.29, 1.82) is 0 Å². The number of amides is 1. The van der Waals surface area contributed by atoms with Gasteiger partial charge in [0.1, 0.15) is 11.6 Å². The van der Waals surface area contributed by atoms with Gasteiger partial charge in [-0.05, 0) is 36.2 Å². The zero-order valence-electron chi connectivity index (χ0n) is 10.6. The van der Waals surface area contributed by atoms with Crippen molar-refractivity contribution in [2.45, 2.75) is 6.42 Å². The maximum absolute atomic E-state index is 13.4. The van der Waals surface area contributed by atoms with Crippen molar-refractivity contribution in [1.82, 2.24) is 0 Å². The zero-order chi connectivity index (χ0) is 14.3. The van der Waals surface area contributed by atoms with Crippen molar-refractivity contribution in [2.24, 2.45) is 0 Å².